The molecule has 0 aliphatic rings. The Morgan fingerprint density at radius 2 is 1.79 bits per heavy atom. The van der Waals surface area contributed by atoms with E-state index in [4.69, 9.17) is 9.15 Å². The zero-order valence-electron chi connectivity index (χ0n) is 15.9. The number of carbonyl (C=O) groups is 2. The summed E-state index contributed by atoms with van der Waals surface area (Å²) in [4.78, 5) is 23.7. The molecule has 1 amide bonds. The second-order valence-electron chi connectivity index (χ2n) is 5.90. The zero-order valence-corrected chi connectivity index (χ0v) is 16.7. The number of rotatable bonds is 10. The van der Waals surface area contributed by atoms with Crippen LogP contribution in [0.3, 0.4) is 0 Å². The molecule has 28 heavy (non-hydrogen) atoms. The Kier molecular flexibility index (Phi) is 7.77. The fourth-order valence-corrected chi connectivity index (χ4v) is 3.98. The van der Waals surface area contributed by atoms with E-state index in [9.17, 15) is 18.0 Å². The molecule has 0 fully saturated rings. The average Bonchev–Trinajstić information content (AvgIpc) is 3.19. The molecule has 1 aromatic heterocycles. The molecule has 1 N–H and O–H groups in total. The predicted molar refractivity (Wildman–Crippen MR) is 103 cm³/mol. The molecule has 0 saturated carbocycles. The Hall–Kier alpha value is -2.65. The maximum Gasteiger partial charge on any atom is 0.306 e. The summed E-state index contributed by atoms with van der Waals surface area (Å²) >= 11 is 0. The van der Waals surface area contributed by atoms with Crippen LogP contribution in [0.1, 0.15) is 26.0 Å². The first kappa shape index (κ1) is 21.6. The maximum absolute atomic E-state index is 12.4. The van der Waals surface area contributed by atoms with Gasteiger partial charge in [-0.15, -0.1) is 0 Å². The van der Waals surface area contributed by atoms with Crippen LogP contribution in [-0.2, 0) is 30.8 Å². The van der Waals surface area contributed by atoms with E-state index in [0.717, 1.165) is 0 Å². The van der Waals surface area contributed by atoms with E-state index < -0.39 is 28.5 Å². The molecule has 0 spiro atoms. The van der Waals surface area contributed by atoms with Crippen molar-refractivity contribution in [3.63, 3.8) is 0 Å². The maximum atomic E-state index is 12.4. The van der Waals surface area contributed by atoms with Gasteiger partial charge in [-0.2, -0.15) is 4.31 Å². The van der Waals surface area contributed by atoms with Crippen LogP contribution in [-0.4, -0.2) is 44.3 Å². The van der Waals surface area contributed by atoms with Crippen LogP contribution < -0.4 is 5.32 Å². The van der Waals surface area contributed by atoms with Gasteiger partial charge >= 0.3 is 5.97 Å². The van der Waals surface area contributed by atoms with Crippen molar-refractivity contribution in [2.75, 3.05) is 25.0 Å². The normalized spacial score (nSPS) is 11.4. The number of nitrogens with zero attached hydrogens (tertiary/aromatic N) is 1. The molecule has 1 heterocycles. The number of benzene rings is 1. The van der Waals surface area contributed by atoms with Crippen molar-refractivity contribution in [2.45, 2.75) is 31.6 Å². The summed E-state index contributed by atoms with van der Waals surface area (Å²) in [7, 11) is -3.55. The van der Waals surface area contributed by atoms with Gasteiger partial charge in [0.2, 0.25) is 10.0 Å². The molecule has 0 unspecified atom stereocenters. The van der Waals surface area contributed by atoms with Crippen molar-refractivity contribution in [3.05, 3.63) is 48.4 Å². The Balaban J connectivity index is 1.83. The number of esters is 1. The van der Waals surface area contributed by atoms with Gasteiger partial charge in [-0.3, -0.25) is 9.59 Å². The number of ether oxygens (including phenoxy) is 1. The van der Waals surface area contributed by atoms with Crippen molar-refractivity contribution in [2.24, 2.45) is 0 Å². The predicted octanol–water partition coefficient (Wildman–Crippen LogP) is 2.42. The third kappa shape index (κ3) is 5.93. The molecule has 8 nitrogen and oxygen atoms in total. The van der Waals surface area contributed by atoms with Gasteiger partial charge in [0.25, 0.3) is 5.91 Å². The number of aryl methyl sites for hydroxylation is 1. The van der Waals surface area contributed by atoms with E-state index in [2.05, 4.69) is 5.32 Å². The molecule has 0 saturated heterocycles. The molecule has 2 aromatic rings. The first-order valence-electron chi connectivity index (χ1n) is 8.94. The largest absolute Gasteiger partial charge is 0.469 e. The summed E-state index contributed by atoms with van der Waals surface area (Å²) in [6.07, 6.45) is 2.03. The third-order valence-corrected chi connectivity index (χ3v) is 6.07. The molecule has 0 atom stereocenters. The van der Waals surface area contributed by atoms with Gasteiger partial charge in [0, 0.05) is 25.2 Å². The summed E-state index contributed by atoms with van der Waals surface area (Å²) in [5.74, 6) is -0.348. The number of hydrogen-bond donors (Lipinski definition) is 1. The second kappa shape index (κ2) is 10.0. The number of hydrogen-bond acceptors (Lipinski definition) is 6. The van der Waals surface area contributed by atoms with E-state index in [1.165, 1.54) is 34.8 Å². The van der Waals surface area contributed by atoms with Crippen molar-refractivity contribution in [3.8, 4) is 0 Å². The van der Waals surface area contributed by atoms with Crippen LogP contribution in [0.25, 0.3) is 0 Å². The first-order valence-corrected chi connectivity index (χ1v) is 10.4. The third-order valence-electron chi connectivity index (χ3n) is 4.00. The molecule has 0 bridgehead atoms. The van der Waals surface area contributed by atoms with E-state index in [-0.39, 0.29) is 11.3 Å². The fraction of sp³-hybridized carbons (Fsp3) is 0.368. The van der Waals surface area contributed by atoms with Gasteiger partial charge in [0.15, 0.2) is 6.61 Å². The van der Waals surface area contributed by atoms with Gasteiger partial charge in [-0.1, -0.05) is 13.8 Å². The Bertz CT molecular complexity index is 872. The topological polar surface area (TPSA) is 106 Å². The van der Waals surface area contributed by atoms with Crippen LogP contribution in [0.5, 0.6) is 0 Å². The average molecular weight is 408 g/mol. The van der Waals surface area contributed by atoms with Gasteiger partial charge in [-0.05, 0) is 36.4 Å². The highest BCUT2D eigenvalue weighted by Crippen LogP contribution is 2.18. The van der Waals surface area contributed by atoms with Crippen molar-refractivity contribution in [1.29, 1.82) is 0 Å². The monoisotopic (exact) mass is 408 g/mol. The first-order chi connectivity index (χ1) is 13.4. The highest BCUT2D eigenvalue weighted by atomic mass is 32.2. The van der Waals surface area contributed by atoms with Crippen molar-refractivity contribution < 1.29 is 27.2 Å². The molecule has 0 aliphatic heterocycles. The lowest BCUT2D eigenvalue weighted by atomic mass is 10.2. The SMILES string of the molecule is CCN(CC)S(=O)(=O)c1ccc(NC(=O)COC(=O)CCc2ccco2)cc1. The molecule has 2 rings (SSSR count). The number of anilines is 1. The summed E-state index contributed by atoms with van der Waals surface area (Å²) in [5.41, 5.74) is 0.412. The van der Waals surface area contributed by atoms with E-state index >= 15 is 0 Å². The number of amides is 1. The van der Waals surface area contributed by atoms with E-state index in [1.807, 2.05) is 0 Å². The highest BCUT2D eigenvalue weighted by molar-refractivity contribution is 7.89. The van der Waals surface area contributed by atoms with Crippen LogP contribution in [0, 0.1) is 0 Å². The molecule has 0 aliphatic carbocycles. The van der Waals surface area contributed by atoms with Crippen molar-refractivity contribution in [1.82, 2.24) is 4.31 Å². The van der Waals surface area contributed by atoms with Gasteiger partial charge in [0.05, 0.1) is 17.6 Å². The van der Waals surface area contributed by atoms with E-state index in [0.29, 0.717) is 31.0 Å². The number of furan rings is 1. The molecule has 0 radical (unpaired) electrons. The fourth-order valence-electron chi connectivity index (χ4n) is 2.52. The van der Waals surface area contributed by atoms with E-state index in [1.54, 1.807) is 26.0 Å². The highest BCUT2D eigenvalue weighted by Gasteiger charge is 2.21. The van der Waals surface area contributed by atoms with Gasteiger partial charge < -0.3 is 14.5 Å². The Morgan fingerprint density at radius 1 is 1.11 bits per heavy atom. The number of sulfonamides is 1. The van der Waals surface area contributed by atoms with Crippen molar-refractivity contribution >= 4 is 27.6 Å². The Morgan fingerprint density at radius 3 is 2.36 bits per heavy atom. The van der Waals surface area contributed by atoms with Crippen LogP contribution in [0.4, 0.5) is 5.69 Å². The minimum Gasteiger partial charge on any atom is -0.469 e. The number of nitrogens with one attached hydrogen (secondary N) is 1. The standard InChI is InChI=1S/C19H24N2O6S/c1-3-21(4-2)28(24,25)17-10-7-15(8-11-17)20-18(22)14-27-19(23)12-9-16-6-5-13-26-16/h5-8,10-11,13H,3-4,9,12,14H2,1-2H3,(H,20,22). The van der Waals surface area contributed by atoms with Crippen LogP contribution in [0.2, 0.25) is 0 Å². The molecule has 152 valence electrons. The summed E-state index contributed by atoms with van der Waals surface area (Å²) in [6, 6.07) is 9.33. The summed E-state index contributed by atoms with van der Waals surface area (Å²) < 4.78 is 36.2. The summed E-state index contributed by atoms with van der Waals surface area (Å²) in [5, 5.41) is 2.56. The summed E-state index contributed by atoms with van der Waals surface area (Å²) in [6.45, 7) is 3.87. The lowest BCUT2D eigenvalue weighted by Crippen LogP contribution is -2.30. The molecular weight excluding hydrogens is 384 g/mol. The smallest absolute Gasteiger partial charge is 0.306 e. The Labute approximate surface area is 164 Å². The zero-order chi connectivity index (χ0) is 20.6. The van der Waals surface area contributed by atoms with Gasteiger partial charge in [-0.25, -0.2) is 8.42 Å². The molecule has 1 aromatic carbocycles. The molecule has 9 heteroatoms. The van der Waals surface area contributed by atoms with Crippen LogP contribution in [0.15, 0.2) is 52.0 Å². The quantitative estimate of drug-likeness (QED) is 0.605. The second-order valence-corrected chi connectivity index (χ2v) is 7.84. The number of carbonyl (C=O) groups excluding carboxylic acids is 2. The molecular formula is C19H24N2O6S. The van der Waals surface area contributed by atoms with Crippen LogP contribution >= 0.6 is 0 Å². The minimum atomic E-state index is -3.55. The lowest BCUT2D eigenvalue weighted by Gasteiger charge is -2.18. The lowest BCUT2D eigenvalue weighted by molar-refractivity contribution is -0.147. The minimum absolute atomic E-state index is 0.110. The van der Waals surface area contributed by atoms with Gasteiger partial charge in [0.1, 0.15) is 5.76 Å².